The monoisotopic (exact) mass is 534 g/mol. The highest BCUT2D eigenvalue weighted by Gasteiger charge is 2.49. The minimum Gasteiger partial charge on any atom is -0.494 e. The highest BCUT2D eigenvalue weighted by molar-refractivity contribution is 6.07. The Morgan fingerprint density at radius 2 is 1.64 bits per heavy atom. The summed E-state index contributed by atoms with van der Waals surface area (Å²) in [4.78, 5) is 27.5. The van der Waals surface area contributed by atoms with Gasteiger partial charge in [0.25, 0.3) is 0 Å². The predicted octanol–water partition coefficient (Wildman–Crippen LogP) is 7.33. The number of para-hydroxylation sites is 2. The average Bonchev–Trinajstić information content (AvgIpc) is 3.07. The van der Waals surface area contributed by atoms with E-state index in [0.29, 0.717) is 30.0 Å². The van der Waals surface area contributed by atoms with E-state index in [9.17, 15) is 22.8 Å². The molecule has 39 heavy (non-hydrogen) atoms. The third-order valence-corrected chi connectivity index (χ3v) is 7.18. The van der Waals surface area contributed by atoms with Crippen LogP contribution < -0.4 is 15.0 Å². The van der Waals surface area contributed by atoms with Crippen molar-refractivity contribution in [2.75, 3.05) is 16.8 Å². The van der Waals surface area contributed by atoms with E-state index >= 15 is 0 Å². The van der Waals surface area contributed by atoms with Crippen LogP contribution in [-0.4, -0.2) is 24.5 Å². The third kappa shape index (κ3) is 5.41. The van der Waals surface area contributed by atoms with E-state index in [4.69, 9.17) is 4.74 Å². The highest BCUT2D eigenvalue weighted by Crippen LogP contribution is 2.48. The van der Waals surface area contributed by atoms with Gasteiger partial charge < -0.3 is 10.1 Å². The van der Waals surface area contributed by atoms with Gasteiger partial charge in [0, 0.05) is 17.7 Å². The van der Waals surface area contributed by atoms with Crippen LogP contribution in [0.5, 0.6) is 5.75 Å². The molecule has 0 saturated heterocycles. The minimum atomic E-state index is -5.13. The molecule has 0 bridgehead atoms. The Bertz CT molecular complexity index is 1380. The number of carbonyl (C=O) groups excluding carboxylic acids is 2. The van der Waals surface area contributed by atoms with Crippen molar-refractivity contribution < 1.29 is 27.5 Å². The van der Waals surface area contributed by atoms with Crippen molar-refractivity contribution in [2.45, 2.75) is 50.7 Å². The molecule has 0 unspecified atom stereocenters. The summed E-state index contributed by atoms with van der Waals surface area (Å²) >= 11 is 0. The Labute approximate surface area is 225 Å². The molecule has 1 aliphatic carbocycles. The quantitative estimate of drug-likeness (QED) is 0.337. The van der Waals surface area contributed by atoms with Gasteiger partial charge in [-0.25, -0.2) is 0 Å². The summed E-state index contributed by atoms with van der Waals surface area (Å²) in [6, 6.07) is 21.2. The maximum Gasteiger partial charge on any atom is 0.471 e. The molecular formula is C31H29F3N2O3. The molecule has 1 N–H and O–H groups in total. The van der Waals surface area contributed by atoms with Crippen LogP contribution in [0.1, 0.15) is 55.7 Å². The molecule has 1 heterocycles. The van der Waals surface area contributed by atoms with Crippen LogP contribution in [-0.2, 0) is 9.59 Å². The van der Waals surface area contributed by atoms with Crippen LogP contribution in [0.2, 0.25) is 0 Å². The average molecular weight is 535 g/mol. The second kappa shape index (κ2) is 11.0. The largest absolute Gasteiger partial charge is 0.494 e. The summed E-state index contributed by atoms with van der Waals surface area (Å²) in [5.74, 6) is -1.74. The molecule has 5 rings (SSSR count). The number of allylic oxidation sites excluding steroid dienone is 1. The van der Waals surface area contributed by atoms with Gasteiger partial charge in [-0.3, -0.25) is 14.5 Å². The summed E-state index contributed by atoms with van der Waals surface area (Å²) < 4.78 is 47.6. The lowest BCUT2D eigenvalue weighted by Gasteiger charge is -2.35. The van der Waals surface area contributed by atoms with E-state index in [-0.39, 0.29) is 29.4 Å². The van der Waals surface area contributed by atoms with Crippen LogP contribution in [0, 0.1) is 0 Å². The number of carbonyl (C=O) groups is 2. The normalized spacial score (nSPS) is 19.1. The first-order valence-corrected chi connectivity index (χ1v) is 13.1. The zero-order valence-corrected chi connectivity index (χ0v) is 21.5. The first-order chi connectivity index (χ1) is 18.8. The maximum atomic E-state index is 14.0. The molecule has 1 aliphatic heterocycles. The van der Waals surface area contributed by atoms with E-state index < -0.39 is 18.1 Å². The summed E-state index contributed by atoms with van der Waals surface area (Å²) in [6.07, 6.45) is -2.62. The number of hydrogen-bond donors (Lipinski definition) is 1. The second-order valence-electron chi connectivity index (χ2n) is 9.82. The molecule has 0 fully saturated rings. The molecule has 5 nitrogen and oxygen atoms in total. The number of fused-ring (bicyclic) bond motifs is 1. The number of ketones is 1. The highest BCUT2D eigenvalue weighted by atomic mass is 19.4. The van der Waals surface area contributed by atoms with Crippen molar-refractivity contribution >= 4 is 23.1 Å². The molecule has 2 aliphatic rings. The fraction of sp³-hybridized carbons (Fsp3) is 0.290. The molecule has 0 radical (unpaired) electrons. The van der Waals surface area contributed by atoms with Crippen molar-refractivity contribution in [1.82, 2.24) is 0 Å². The fourth-order valence-corrected chi connectivity index (χ4v) is 5.31. The molecule has 2 atom stereocenters. The molecule has 3 aromatic carbocycles. The Morgan fingerprint density at radius 3 is 2.33 bits per heavy atom. The summed E-state index contributed by atoms with van der Waals surface area (Å²) in [5, 5.41) is 3.25. The van der Waals surface area contributed by atoms with Crippen LogP contribution in [0.25, 0.3) is 0 Å². The van der Waals surface area contributed by atoms with Crippen molar-refractivity contribution in [3.63, 3.8) is 0 Å². The first kappa shape index (κ1) is 26.5. The van der Waals surface area contributed by atoms with Crippen LogP contribution in [0.15, 0.2) is 90.1 Å². The maximum absolute atomic E-state index is 14.0. The summed E-state index contributed by atoms with van der Waals surface area (Å²) in [6.45, 7) is 2.72. The van der Waals surface area contributed by atoms with Gasteiger partial charge in [0.05, 0.1) is 24.0 Å². The Hall–Kier alpha value is -4.07. The fourth-order valence-electron chi connectivity index (χ4n) is 5.31. The zero-order chi connectivity index (χ0) is 27.6. The van der Waals surface area contributed by atoms with Crippen molar-refractivity contribution in [3.05, 3.63) is 101 Å². The second-order valence-corrected chi connectivity index (χ2v) is 9.82. The number of nitrogens with one attached hydrogen (secondary N) is 1. The lowest BCUT2D eigenvalue weighted by atomic mass is 9.78. The van der Waals surface area contributed by atoms with Crippen molar-refractivity contribution in [3.8, 4) is 5.75 Å². The number of anilines is 2. The van der Waals surface area contributed by atoms with E-state index in [1.807, 2.05) is 24.3 Å². The molecule has 202 valence electrons. The Kier molecular flexibility index (Phi) is 7.46. The number of benzene rings is 3. The molecule has 8 heteroatoms. The number of amides is 1. The van der Waals surface area contributed by atoms with Gasteiger partial charge in [-0.1, -0.05) is 67.9 Å². The lowest BCUT2D eigenvalue weighted by molar-refractivity contribution is -0.170. The molecule has 0 spiro atoms. The molecule has 0 saturated carbocycles. The number of ether oxygens (including phenoxy) is 1. The van der Waals surface area contributed by atoms with E-state index in [1.54, 1.807) is 48.5 Å². The van der Waals surface area contributed by atoms with Gasteiger partial charge in [-0.2, -0.15) is 13.2 Å². The number of Topliss-reactive ketones (excluding diaryl/α,β-unsaturated/α-hetero) is 1. The first-order valence-electron chi connectivity index (χ1n) is 13.1. The zero-order valence-electron chi connectivity index (χ0n) is 21.5. The predicted molar refractivity (Wildman–Crippen MR) is 144 cm³/mol. The Balaban J connectivity index is 1.58. The summed E-state index contributed by atoms with van der Waals surface area (Å²) in [5.41, 5.74) is 2.50. The topological polar surface area (TPSA) is 58.6 Å². The van der Waals surface area contributed by atoms with Crippen molar-refractivity contribution in [1.29, 1.82) is 0 Å². The van der Waals surface area contributed by atoms with Gasteiger partial charge in [-0.15, -0.1) is 0 Å². The van der Waals surface area contributed by atoms with Gasteiger partial charge in [0.1, 0.15) is 5.75 Å². The van der Waals surface area contributed by atoms with Crippen LogP contribution in [0.4, 0.5) is 24.5 Å². The number of rotatable bonds is 6. The van der Waals surface area contributed by atoms with Gasteiger partial charge in [0.2, 0.25) is 0 Å². The van der Waals surface area contributed by atoms with Crippen molar-refractivity contribution in [2.24, 2.45) is 0 Å². The minimum absolute atomic E-state index is 0.0704. The van der Waals surface area contributed by atoms with Gasteiger partial charge in [-0.05, 0) is 54.2 Å². The molecular weight excluding hydrogens is 505 g/mol. The SMILES string of the molecule is CCCCOc1ccc([C@@H]2CC(=O)C3=C(C2)Nc2ccccc2N(C(=O)C(F)(F)F)[C@H]3c2ccccc2)cc1. The van der Waals surface area contributed by atoms with Crippen LogP contribution >= 0.6 is 0 Å². The van der Waals surface area contributed by atoms with Gasteiger partial charge in [0.15, 0.2) is 5.78 Å². The number of unbranched alkanes of at least 4 members (excludes halogenated alkanes) is 1. The standard InChI is InChI=1S/C31H29F3N2O3/c1-2-3-17-39-23-15-13-20(14-16-23)22-18-25-28(27(37)19-22)29(21-9-5-4-6-10-21)36(30(38)31(32,33)34)26-12-8-7-11-24(26)35-25/h4-16,22,29,35H,2-3,17-19H2,1H3/t22-,29-/m0/s1. The third-order valence-electron chi connectivity index (χ3n) is 7.18. The molecule has 0 aromatic heterocycles. The number of hydrogen-bond acceptors (Lipinski definition) is 4. The van der Waals surface area contributed by atoms with E-state index in [2.05, 4.69) is 12.2 Å². The van der Waals surface area contributed by atoms with E-state index in [1.165, 1.54) is 6.07 Å². The number of halogens is 3. The number of nitrogens with zero attached hydrogens (tertiary/aromatic N) is 1. The lowest BCUT2D eigenvalue weighted by Crippen LogP contribution is -2.45. The molecule has 1 amide bonds. The number of alkyl halides is 3. The van der Waals surface area contributed by atoms with Crippen LogP contribution in [0.3, 0.4) is 0 Å². The van der Waals surface area contributed by atoms with Gasteiger partial charge >= 0.3 is 12.1 Å². The summed E-state index contributed by atoms with van der Waals surface area (Å²) in [7, 11) is 0. The Morgan fingerprint density at radius 1 is 0.949 bits per heavy atom. The smallest absolute Gasteiger partial charge is 0.471 e. The molecule has 3 aromatic rings. The van der Waals surface area contributed by atoms with E-state index in [0.717, 1.165) is 29.1 Å².